The molecule has 1 aliphatic heterocycles. The lowest BCUT2D eigenvalue weighted by atomic mass is 9.94. The molecule has 2 heterocycles. The highest BCUT2D eigenvalue weighted by Gasteiger charge is 2.19. The standard InChI is InChI=1S/C14H25N3O/c1-15-7-3-4-13-11-18-14(16-13)10-12-5-8-17(2)9-6-12/h11-12,15H,3-10H2,1-2H3. The Bertz CT molecular complexity index is 343. The number of rotatable bonds is 6. The van der Waals surface area contributed by atoms with Crippen molar-refractivity contribution >= 4 is 0 Å². The summed E-state index contributed by atoms with van der Waals surface area (Å²) in [5, 5.41) is 3.15. The molecule has 0 radical (unpaired) electrons. The van der Waals surface area contributed by atoms with Crippen molar-refractivity contribution in [3.63, 3.8) is 0 Å². The number of likely N-dealkylation sites (tertiary alicyclic amines) is 1. The van der Waals surface area contributed by atoms with E-state index in [1.165, 1.54) is 25.9 Å². The highest BCUT2D eigenvalue weighted by atomic mass is 16.3. The fraction of sp³-hybridized carbons (Fsp3) is 0.786. The summed E-state index contributed by atoms with van der Waals surface area (Å²) >= 11 is 0. The predicted octanol–water partition coefficient (Wildman–Crippen LogP) is 1.71. The zero-order chi connectivity index (χ0) is 12.8. The van der Waals surface area contributed by atoms with E-state index < -0.39 is 0 Å². The molecule has 0 bridgehead atoms. The number of nitrogens with one attached hydrogen (secondary N) is 1. The molecule has 1 N–H and O–H groups in total. The zero-order valence-electron chi connectivity index (χ0n) is 11.6. The third-order valence-electron chi connectivity index (χ3n) is 3.76. The molecule has 0 atom stereocenters. The molecule has 0 aliphatic carbocycles. The van der Waals surface area contributed by atoms with Crippen LogP contribution in [0.5, 0.6) is 0 Å². The Hall–Kier alpha value is -0.870. The van der Waals surface area contributed by atoms with Crippen LogP contribution in [0.2, 0.25) is 0 Å². The second kappa shape index (κ2) is 6.90. The van der Waals surface area contributed by atoms with Crippen LogP contribution in [0.4, 0.5) is 0 Å². The van der Waals surface area contributed by atoms with Crippen molar-refractivity contribution in [3.05, 3.63) is 17.8 Å². The van der Waals surface area contributed by atoms with Crippen LogP contribution in [0.15, 0.2) is 10.7 Å². The summed E-state index contributed by atoms with van der Waals surface area (Å²) in [6.07, 6.45) is 7.52. The Morgan fingerprint density at radius 3 is 2.94 bits per heavy atom. The normalized spacial score (nSPS) is 18.3. The van der Waals surface area contributed by atoms with Gasteiger partial charge in [-0.15, -0.1) is 0 Å². The maximum Gasteiger partial charge on any atom is 0.194 e. The van der Waals surface area contributed by atoms with Crippen LogP contribution in [0.1, 0.15) is 30.8 Å². The average molecular weight is 251 g/mol. The minimum atomic E-state index is 0.755. The van der Waals surface area contributed by atoms with Crippen LogP contribution in [-0.2, 0) is 12.8 Å². The van der Waals surface area contributed by atoms with Gasteiger partial charge < -0.3 is 14.6 Å². The Morgan fingerprint density at radius 2 is 2.22 bits per heavy atom. The summed E-state index contributed by atoms with van der Waals surface area (Å²) in [5.41, 5.74) is 1.10. The molecule has 0 unspecified atom stereocenters. The van der Waals surface area contributed by atoms with Crippen molar-refractivity contribution in [1.29, 1.82) is 0 Å². The van der Waals surface area contributed by atoms with Gasteiger partial charge >= 0.3 is 0 Å². The molecule has 4 heteroatoms. The van der Waals surface area contributed by atoms with Gasteiger partial charge in [0.2, 0.25) is 0 Å². The Morgan fingerprint density at radius 1 is 1.44 bits per heavy atom. The topological polar surface area (TPSA) is 41.3 Å². The largest absolute Gasteiger partial charge is 0.449 e. The maximum atomic E-state index is 5.58. The van der Waals surface area contributed by atoms with Gasteiger partial charge in [-0.05, 0) is 65.3 Å². The van der Waals surface area contributed by atoms with Crippen molar-refractivity contribution in [3.8, 4) is 0 Å². The second-order valence-electron chi connectivity index (χ2n) is 5.39. The van der Waals surface area contributed by atoms with Gasteiger partial charge in [0.15, 0.2) is 5.89 Å². The molecule has 4 nitrogen and oxygen atoms in total. The third-order valence-corrected chi connectivity index (χ3v) is 3.76. The van der Waals surface area contributed by atoms with E-state index in [1.807, 2.05) is 13.3 Å². The first kappa shape index (κ1) is 13.6. The van der Waals surface area contributed by atoms with E-state index in [1.54, 1.807) is 0 Å². The smallest absolute Gasteiger partial charge is 0.194 e. The molecule has 1 aromatic heterocycles. The monoisotopic (exact) mass is 251 g/mol. The SMILES string of the molecule is CNCCCc1coc(CC2CCN(C)CC2)n1. The number of oxazole rings is 1. The van der Waals surface area contributed by atoms with Gasteiger partial charge in [0.25, 0.3) is 0 Å². The molecule has 1 fully saturated rings. The van der Waals surface area contributed by atoms with Crippen molar-refractivity contribution < 1.29 is 4.42 Å². The van der Waals surface area contributed by atoms with Crippen molar-refractivity contribution in [2.24, 2.45) is 5.92 Å². The summed E-state index contributed by atoms with van der Waals surface area (Å²) in [4.78, 5) is 6.99. The van der Waals surface area contributed by atoms with E-state index in [2.05, 4.69) is 22.2 Å². The van der Waals surface area contributed by atoms with Gasteiger partial charge in [0.1, 0.15) is 6.26 Å². The fourth-order valence-electron chi connectivity index (χ4n) is 2.52. The Kier molecular flexibility index (Phi) is 5.20. The number of hydrogen-bond acceptors (Lipinski definition) is 4. The summed E-state index contributed by atoms with van der Waals surface area (Å²) in [5.74, 6) is 1.69. The van der Waals surface area contributed by atoms with Gasteiger partial charge in [0, 0.05) is 6.42 Å². The molecule has 0 amide bonds. The lowest BCUT2D eigenvalue weighted by Gasteiger charge is -2.28. The quantitative estimate of drug-likeness (QED) is 0.782. The maximum absolute atomic E-state index is 5.58. The zero-order valence-corrected chi connectivity index (χ0v) is 11.6. The van der Waals surface area contributed by atoms with Gasteiger partial charge in [-0.3, -0.25) is 0 Å². The Balaban J connectivity index is 1.76. The first-order chi connectivity index (χ1) is 8.78. The van der Waals surface area contributed by atoms with Crippen molar-refractivity contribution in [2.45, 2.75) is 32.1 Å². The number of aromatic nitrogens is 1. The number of nitrogens with zero attached hydrogens (tertiary/aromatic N) is 2. The molecule has 2 rings (SSSR count). The lowest BCUT2D eigenvalue weighted by molar-refractivity contribution is 0.212. The van der Waals surface area contributed by atoms with E-state index in [-0.39, 0.29) is 0 Å². The number of aryl methyl sites for hydroxylation is 1. The highest BCUT2D eigenvalue weighted by molar-refractivity contribution is 4.98. The number of hydrogen-bond donors (Lipinski definition) is 1. The molecule has 0 aromatic carbocycles. The first-order valence-corrected chi connectivity index (χ1v) is 7.04. The van der Waals surface area contributed by atoms with Crippen molar-refractivity contribution in [2.75, 3.05) is 33.7 Å². The van der Waals surface area contributed by atoms with Crippen LogP contribution in [0, 0.1) is 5.92 Å². The third kappa shape index (κ3) is 4.10. The molecule has 0 spiro atoms. The summed E-state index contributed by atoms with van der Waals surface area (Å²) in [7, 11) is 4.18. The van der Waals surface area contributed by atoms with Gasteiger partial charge in [0.05, 0.1) is 5.69 Å². The van der Waals surface area contributed by atoms with Crippen LogP contribution in [-0.4, -0.2) is 43.6 Å². The van der Waals surface area contributed by atoms with E-state index in [4.69, 9.17) is 4.42 Å². The Labute approximate surface area is 110 Å². The van der Waals surface area contributed by atoms with Gasteiger partial charge in [-0.1, -0.05) is 0 Å². The molecule has 1 aromatic rings. The molecule has 1 saturated heterocycles. The second-order valence-corrected chi connectivity index (χ2v) is 5.39. The van der Waals surface area contributed by atoms with Crippen LogP contribution >= 0.6 is 0 Å². The molecule has 0 saturated carbocycles. The van der Waals surface area contributed by atoms with E-state index in [0.717, 1.165) is 43.3 Å². The average Bonchev–Trinajstić information content (AvgIpc) is 2.80. The summed E-state index contributed by atoms with van der Waals surface area (Å²) in [6.45, 7) is 3.46. The molecule has 102 valence electrons. The highest BCUT2D eigenvalue weighted by Crippen LogP contribution is 2.20. The molecular formula is C14H25N3O. The number of piperidine rings is 1. The molecule has 18 heavy (non-hydrogen) atoms. The van der Waals surface area contributed by atoms with Crippen LogP contribution < -0.4 is 5.32 Å². The summed E-state index contributed by atoms with van der Waals surface area (Å²) in [6, 6.07) is 0. The van der Waals surface area contributed by atoms with E-state index in [9.17, 15) is 0 Å². The van der Waals surface area contributed by atoms with Crippen LogP contribution in [0.3, 0.4) is 0 Å². The van der Waals surface area contributed by atoms with E-state index >= 15 is 0 Å². The van der Waals surface area contributed by atoms with Gasteiger partial charge in [-0.25, -0.2) is 4.98 Å². The first-order valence-electron chi connectivity index (χ1n) is 7.04. The minimum Gasteiger partial charge on any atom is -0.449 e. The molecular weight excluding hydrogens is 226 g/mol. The minimum absolute atomic E-state index is 0.755. The van der Waals surface area contributed by atoms with Crippen LogP contribution in [0.25, 0.3) is 0 Å². The fourth-order valence-corrected chi connectivity index (χ4v) is 2.52. The predicted molar refractivity (Wildman–Crippen MR) is 72.7 cm³/mol. The molecule has 1 aliphatic rings. The summed E-state index contributed by atoms with van der Waals surface area (Å²) < 4.78 is 5.58. The van der Waals surface area contributed by atoms with Crippen molar-refractivity contribution in [1.82, 2.24) is 15.2 Å². The lowest BCUT2D eigenvalue weighted by Crippen LogP contribution is -2.30. The van der Waals surface area contributed by atoms with E-state index in [0.29, 0.717) is 0 Å². The van der Waals surface area contributed by atoms with Gasteiger partial charge in [-0.2, -0.15) is 0 Å².